The molecule has 0 atom stereocenters. The molecule has 0 amide bonds. The summed E-state index contributed by atoms with van der Waals surface area (Å²) in [6.45, 7) is 0.317. The number of aryl methyl sites for hydroxylation is 1. The lowest BCUT2D eigenvalue weighted by Gasteiger charge is -1.97. The van der Waals surface area contributed by atoms with Gasteiger partial charge in [-0.3, -0.25) is 0 Å². The van der Waals surface area contributed by atoms with Crippen molar-refractivity contribution in [3.63, 3.8) is 0 Å². The lowest BCUT2D eigenvalue weighted by atomic mass is 10.2. The van der Waals surface area contributed by atoms with Gasteiger partial charge in [-0.1, -0.05) is 12.1 Å². The molecule has 0 fully saturated rings. The van der Waals surface area contributed by atoms with Crippen molar-refractivity contribution in [3.05, 3.63) is 29.8 Å². The predicted octanol–water partition coefficient (Wildman–Crippen LogP) is 2.00. The highest BCUT2D eigenvalue weighted by Crippen LogP contribution is 2.10. The van der Waals surface area contributed by atoms with E-state index < -0.39 is 0 Å². The highest BCUT2D eigenvalue weighted by Gasteiger charge is 1.86. The van der Waals surface area contributed by atoms with Gasteiger partial charge in [-0.2, -0.15) is 0 Å². The first kappa shape index (κ1) is 4.86. The summed E-state index contributed by atoms with van der Waals surface area (Å²) in [7, 11) is 1.63. The van der Waals surface area contributed by atoms with Gasteiger partial charge in [-0.05, 0) is 24.6 Å². The maximum atomic E-state index is 7.06. The average molecular weight is 123 g/mol. The fourth-order valence-corrected chi connectivity index (χ4v) is 0.672. The number of ether oxygens (including phenoxy) is 1. The van der Waals surface area contributed by atoms with Gasteiger partial charge in [0.05, 0.1) is 7.11 Å². The van der Waals surface area contributed by atoms with Crippen molar-refractivity contribution in [2.45, 2.75) is 6.90 Å². The van der Waals surface area contributed by atoms with E-state index in [1.807, 2.05) is 24.3 Å². The first-order chi connectivity index (χ1) is 4.86. The fourth-order valence-electron chi connectivity index (χ4n) is 0.672. The van der Waals surface area contributed by atoms with Gasteiger partial charge in [0.15, 0.2) is 0 Å². The molecule has 0 radical (unpaired) electrons. The lowest BCUT2D eigenvalue weighted by molar-refractivity contribution is 0.414. The Balaban J connectivity index is 2.87. The van der Waals surface area contributed by atoms with Crippen LogP contribution in [0.5, 0.6) is 5.75 Å². The summed E-state index contributed by atoms with van der Waals surface area (Å²) in [5.41, 5.74) is 0.986. The van der Waals surface area contributed by atoms with Crippen molar-refractivity contribution >= 4 is 0 Å². The Morgan fingerprint density at radius 2 is 2.44 bits per heavy atom. The molecular weight excluding hydrogens is 112 g/mol. The van der Waals surface area contributed by atoms with Crippen LogP contribution in [0.15, 0.2) is 24.3 Å². The van der Waals surface area contributed by atoms with Crippen molar-refractivity contribution in [3.8, 4) is 5.75 Å². The highest BCUT2D eigenvalue weighted by atomic mass is 16.5. The molecule has 48 valence electrons. The summed E-state index contributed by atoms with van der Waals surface area (Å²) >= 11 is 0. The molecule has 1 rings (SSSR count). The number of hydrogen-bond donors (Lipinski definition) is 0. The molecule has 0 aromatic heterocycles. The molecule has 0 aliphatic rings. The monoisotopic (exact) mass is 123 g/mol. The molecule has 9 heavy (non-hydrogen) atoms. The van der Waals surface area contributed by atoms with E-state index in [-0.39, 0.29) is 0 Å². The Morgan fingerprint density at radius 1 is 1.56 bits per heavy atom. The van der Waals surface area contributed by atoms with E-state index in [2.05, 4.69) is 0 Å². The molecule has 0 aliphatic carbocycles. The van der Waals surface area contributed by atoms with Gasteiger partial charge in [0.2, 0.25) is 0 Å². The fraction of sp³-hybridized carbons (Fsp3) is 0.250. The van der Waals surface area contributed by atoms with Gasteiger partial charge < -0.3 is 4.74 Å². The number of rotatable bonds is 1. The van der Waals surface area contributed by atoms with Crippen LogP contribution < -0.4 is 4.74 Å². The zero-order chi connectivity index (χ0) is 7.40. The minimum absolute atomic E-state index is 0.317. The Hall–Kier alpha value is -0.980. The van der Waals surface area contributed by atoms with E-state index in [9.17, 15) is 0 Å². The van der Waals surface area contributed by atoms with Gasteiger partial charge in [-0.25, -0.2) is 0 Å². The van der Waals surface area contributed by atoms with Crippen LogP contribution in [0.2, 0.25) is 0 Å². The van der Waals surface area contributed by atoms with Crippen LogP contribution in [0, 0.1) is 6.90 Å². The van der Waals surface area contributed by atoms with Gasteiger partial charge in [-0.15, -0.1) is 0 Å². The molecular formula is C8H10O. The van der Waals surface area contributed by atoms with Crippen LogP contribution in [0.4, 0.5) is 0 Å². The van der Waals surface area contributed by atoms with Crippen LogP contribution in [0.1, 0.15) is 6.93 Å². The minimum Gasteiger partial charge on any atom is -0.497 e. The molecule has 0 unspecified atom stereocenters. The second kappa shape index (κ2) is 2.53. The third-order valence-electron chi connectivity index (χ3n) is 1.13. The molecule has 0 bridgehead atoms. The van der Waals surface area contributed by atoms with Gasteiger partial charge in [0, 0.05) is 1.37 Å². The highest BCUT2D eigenvalue weighted by molar-refractivity contribution is 5.27. The smallest absolute Gasteiger partial charge is 0.119 e. The van der Waals surface area contributed by atoms with Crippen LogP contribution in [0.25, 0.3) is 0 Å². The molecule has 0 N–H and O–H groups in total. The normalized spacial score (nSPS) is 10.6. The molecule has 1 aromatic rings. The summed E-state index contributed by atoms with van der Waals surface area (Å²) in [4.78, 5) is 0. The number of hydrogen-bond acceptors (Lipinski definition) is 1. The number of methoxy groups -OCH3 is 1. The Bertz CT molecular complexity index is 191. The standard InChI is InChI=1S/C8H10O/c1-7-4-3-5-8(6-7)9-2/h3-6H,1-2H3/i1D. The maximum absolute atomic E-state index is 7.06. The summed E-state index contributed by atoms with van der Waals surface area (Å²) in [5.74, 6) is 0.824. The Morgan fingerprint density at radius 3 is 3.11 bits per heavy atom. The predicted molar refractivity (Wildman–Crippen MR) is 37.7 cm³/mol. The largest absolute Gasteiger partial charge is 0.497 e. The third kappa shape index (κ3) is 1.46. The molecule has 0 saturated heterocycles. The van der Waals surface area contributed by atoms with E-state index in [1.165, 1.54) is 0 Å². The minimum atomic E-state index is 0.317. The molecule has 0 aliphatic heterocycles. The summed E-state index contributed by atoms with van der Waals surface area (Å²) in [6.07, 6.45) is 0. The van der Waals surface area contributed by atoms with Crippen LogP contribution >= 0.6 is 0 Å². The maximum Gasteiger partial charge on any atom is 0.119 e. The SMILES string of the molecule is [2H]Cc1cccc(OC)c1. The van der Waals surface area contributed by atoms with E-state index in [4.69, 9.17) is 6.11 Å². The zero-order valence-electron chi connectivity index (χ0n) is 6.42. The van der Waals surface area contributed by atoms with Crippen molar-refractivity contribution in [2.75, 3.05) is 7.11 Å². The van der Waals surface area contributed by atoms with E-state index in [0.29, 0.717) is 6.90 Å². The van der Waals surface area contributed by atoms with Crippen molar-refractivity contribution in [1.82, 2.24) is 0 Å². The second-order valence-electron chi connectivity index (χ2n) is 1.85. The van der Waals surface area contributed by atoms with Crippen LogP contribution in [-0.2, 0) is 0 Å². The molecule has 0 heterocycles. The number of benzene rings is 1. The Kier molecular flexibility index (Phi) is 1.37. The van der Waals surface area contributed by atoms with Crippen molar-refractivity contribution in [1.29, 1.82) is 0 Å². The first-order valence-corrected chi connectivity index (χ1v) is 2.79. The van der Waals surface area contributed by atoms with Crippen molar-refractivity contribution in [2.24, 2.45) is 0 Å². The zero-order valence-corrected chi connectivity index (χ0v) is 5.42. The van der Waals surface area contributed by atoms with E-state index in [1.54, 1.807) is 7.11 Å². The molecule has 0 saturated carbocycles. The van der Waals surface area contributed by atoms with E-state index >= 15 is 0 Å². The van der Waals surface area contributed by atoms with Crippen LogP contribution in [0.3, 0.4) is 0 Å². The lowest BCUT2D eigenvalue weighted by Crippen LogP contribution is -1.81. The summed E-state index contributed by atoms with van der Waals surface area (Å²) in [5, 5.41) is 0. The van der Waals surface area contributed by atoms with E-state index in [0.717, 1.165) is 11.3 Å². The molecule has 1 heteroatoms. The summed E-state index contributed by atoms with van der Waals surface area (Å²) < 4.78 is 12.0. The van der Waals surface area contributed by atoms with Gasteiger partial charge in [0.1, 0.15) is 5.75 Å². The Labute approximate surface area is 56.7 Å². The average Bonchev–Trinajstić information content (AvgIpc) is 2.05. The van der Waals surface area contributed by atoms with Gasteiger partial charge >= 0.3 is 0 Å². The quantitative estimate of drug-likeness (QED) is 0.555. The third-order valence-corrected chi connectivity index (χ3v) is 1.13. The first-order valence-electron chi connectivity index (χ1n) is 3.49. The molecule has 1 aromatic carbocycles. The van der Waals surface area contributed by atoms with Crippen molar-refractivity contribution < 1.29 is 6.11 Å². The molecule has 0 spiro atoms. The second-order valence-corrected chi connectivity index (χ2v) is 1.85. The van der Waals surface area contributed by atoms with Gasteiger partial charge in [0.25, 0.3) is 0 Å². The molecule has 1 nitrogen and oxygen atoms in total. The summed E-state index contributed by atoms with van der Waals surface area (Å²) in [6, 6.07) is 7.55. The topological polar surface area (TPSA) is 9.23 Å². The van der Waals surface area contributed by atoms with Crippen LogP contribution in [-0.4, -0.2) is 7.11 Å².